The molecule has 4 N–H and O–H groups in total. The minimum Gasteiger partial charge on any atom is -0.409 e. The second-order valence-electron chi connectivity index (χ2n) is 3.25. The van der Waals surface area contributed by atoms with Crippen LogP contribution in [0.25, 0.3) is 0 Å². The monoisotopic (exact) mass is 270 g/mol. The summed E-state index contributed by atoms with van der Waals surface area (Å²) < 4.78 is 27.4. The van der Waals surface area contributed by atoms with Gasteiger partial charge in [0.25, 0.3) is 0 Å². The number of hydrogen-bond acceptors (Lipinski definition) is 4. The van der Waals surface area contributed by atoms with Crippen molar-refractivity contribution in [2.24, 2.45) is 10.9 Å². The molecule has 8 heteroatoms. The molecule has 0 unspecified atom stereocenters. The van der Waals surface area contributed by atoms with Gasteiger partial charge in [-0.15, -0.1) is 0 Å². The van der Waals surface area contributed by atoms with Gasteiger partial charge < -0.3 is 15.9 Å². The second-order valence-corrected chi connectivity index (χ2v) is 4.25. The minimum atomic E-state index is -0.807. The highest BCUT2D eigenvalue weighted by Crippen LogP contribution is 2.30. The average molecular weight is 270 g/mol. The number of aromatic nitrogens is 2. The van der Waals surface area contributed by atoms with Crippen molar-refractivity contribution in [2.45, 2.75) is 10.1 Å². The molecule has 0 saturated carbocycles. The van der Waals surface area contributed by atoms with Crippen molar-refractivity contribution in [3.8, 4) is 0 Å². The van der Waals surface area contributed by atoms with Crippen molar-refractivity contribution in [3.63, 3.8) is 0 Å². The SMILES string of the molecule is N/C(=N/O)c1cc(F)c(Sc2ncc[nH]2)c(F)c1. The van der Waals surface area contributed by atoms with E-state index in [1.54, 1.807) is 6.20 Å². The van der Waals surface area contributed by atoms with Gasteiger partial charge in [-0.2, -0.15) is 0 Å². The Hall–Kier alpha value is -2.09. The van der Waals surface area contributed by atoms with Crippen molar-refractivity contribution in [3.05, 3.63) is 41.7 Å². The van der Waals surface area contributed by atoms with Gasteiger partial charge in [-0.3, -0.25) is 0 Å². The van der Waals surface area contributed by atoms with Crippen LogP contribution < -0.4 is 5.73 Å². The largest absolute Gasteiger partial charge is 0.409 e. The van der Waals surface area contributed by atoms with E-state index in [0.717, 1.165) is 23.9 Å². The lowest BCUT2D eigenvalue weighted by atomic mass is 10.2. The highest BCUT2D eigenvalue weighted by molar-refractivity contribution is 7.99. The zero-order valence-electron chi connectivity index (χ0n) is 8.89. The molecule has 0 aliphatic heterocycles. The summed E-state index contributed by atoms with van der Waals surface area (Å²) >= 11 is 0.816. The van der Waals surface area contributed by atoms with Crippen LogP contribution in [0.2, 0.25) is 0 Å². The highest BCUT2D eigenvalue weighted by atomic mass is 32.2. The molecule has 0 radical (unpaired) electrons. The van der Waals surface area contributed by atoms with Crippen molar-refractivity contribution in [1.82, 2.24) is 9.97 Å². The summed E-state index contributed by atoms with van der Waals surface area (Å²) in [5.74, 6) is -1.97. The first-order chi connectivity index (χ1) is 8.61. The van der Waals surface area contributed by atoms with Crippen LogP contribution in [-0.2, 0) is 0 Å². The first-order valence-corrected chi connectivity index (χ1v) is 5.57. The van der Waals surface area contributed by atoms with E-state index in [0.29, 0.717) is 5.16 Å². The Bertz CT molecular complexity index is 563. The third kappa shape index (κ3) is 2.43. The Labute approximate surface area is 105 Å². The van der Waals surface area contributed by atoms with Crippen molar-refractivity contribution in [2.75, 3.05) is 0 Å². The van der Waals surface area contributed by atoms with E-state index >= 15 is 0 Å². The Morgan fingerprint density at radius 3 is 2.56 bits per heavy atom. The fourth-order valence-electron chi connectivity index (χ4n) is 1.27. The van der Waals surface area contributed by atoms with Crippen LogP contribution in [-0.4, -0.2) is 21.0 Å². The number of nitrogens with zero attached hydrogens (tertiary/aromatic N) is 2. The smallest absolute Gasteiger partial charge is 0.170 e. The molecule has 1 heterocycles. The number of benzene rings is 1. The Morgan fingerprint density at radius 1 is 1.39 bits per heavy atom. The molecule has 0 aliphatic carbocycles. The van der Waals surface area contributed by atoms with Crippen LogP contribution in [0.1, 0.15) is 5.56 Å². The molecule has 2 aromatic rings. The number of nitrogens with one attached hydrogen (secondary N) is 1. The number of halogens is 2. The average Bonchev–Trinajstić information content (AvgIpc) is 2.85. The second kappa shape index (κ2) is 5.05. The molecule has 0 atom stereocenters. The van der Waals surface area contributed by atoms with Gasteiger partial charge in [0.05, 0.1) is 4.90 Å². The third-order valence-corrected chi connectivity index (χ3v) is 3.08. The highest BCUT2D eigenvalue weighted by Gasteiger charge is 2.15. The quantitative estimate of drug-likeness (QED) is 0.344. The Kier molecular flexibility index (Phi) is 3.47. The predicted octanol–water partition coefficient (Wildman–Crippen LogP) is 1.93. The van der Waals surface area contributed by atoms with Crippen LogP contribution in [0.3, 0.4) is 0 Å². The van der Waals surface area contributed by atoms with Gasteiger partial charge in [-0.25, -0.2) is 13.8 Å². The summed E-state index contributed by atoms with van der Waals surface area (Å²) in [6, 6.07) is 1.98. The van der Waals surface area contributed by atoms with E-state index < -0.39 is 11.6 Å². The molecular weight excluding hydrogens is 262 g/mol. The fraction of sp³-hybridized carbons (Fsp3) is 0. The summed E-state index contributed by atoms with van der Waals surface area (Å²) in [5, 5.41) is 11.5. The van der Waals surface area contributed by atoms with Crippen molar-refractivity contribution >= 4 is 17.6 Å². The number of amidine groups is 1. The van der Waals surface area contributed by atoms with Gasteiger partial charge >= 0.3 is 0 Å². The summed E-state index contributed by atoms with van der Waals surface area (Å²) in [7, 11) is 0. The van der Waals surface area contributed by atoms with E-state index in [1.165, 1.54) is 6.20 Å². The summed E-state index contributed by atoms with van der Waals surface area (Å²) in [6.07, 6.45) is 3.02. The Morgan fingerprint density at radius 2 is 2.06 bits per heavy atom. The van der Waals surface area contributed by atoms with Crippen LogP contribution in [0, 0.1) is 11.6 Å². The first kappa shape index (κ1) is 12.4. The number of nitrogens with two attached hydrogens (primary N) is 1. The molecule has 2 rings (SSSR count). The predicted molar refractivity (Wildman–Crippen MR) is 61.6 cm³/mol. The van der Waals surface area contributed by atoms with Gasteiger partial charge in [0.1, 0.15) is 11.6 Å². The number of H-pyrrole nitrogens is 1. The topological polar surface area (TPSA) is 87.3 Å². The Balaban J connectivity index is 2.38. The van der Waals surface area contributed by atoms with E-state index in [1.807, 2.05) is 0 Å². The first-order valence-electron chi connectivity index (χ1n) is 4.76. The van der Waals surface area contributed by atoms with Crippen LogP contribution in [0.5, 0.6) is 0 Å². The summed E-state index contributed by atoms with van der Waals surface area (Å²) in [4.78, 5) is 6.36. The normalized spacial score (nSPS) is 11.8. The summed E-state index contributed by atoms with van der Waals surface area (Å²) in [5.41, 5.74) is 5.23. The van der Waals surface area contributed by atoms with Crippen LogP contribution >= 0.6 is 11.8 Å². The van der Waals surface area contributed by atoms with Crippen LogP contribution in [0.4, 0.5) is 8.78 Å². The maximum Gasteiger partial charge on any atom is 0.170 e. The molecule has 0 fully saturated rings. The van der Waals surface area contributed by atoms with Crippen molar-refractivity contribution in [1.29, 1.82) is 0 Å². The number of imidazole rings is 1. The molecule has 1 aromatic heterocycles. The lowest BCUT2D eigenvalue weighted by molar-refractivity contribution is 0.318. The van der Waals surface area contributed by atoms with Gasteiger partial charge in [-0.05, 0) is 23.9 Å². The molecule has 94 valence electrons. The number of oxime groups is 1. The van der Waals surface area contributed by atoms with E-state index in [4.69, 9.17) is 10.9 Å². The molecule has 0 bridgehead atoms. The lowest BCUT2D eigenvalue weighted by Crippen LogP contribution is -2.14. The van der Waals surface area contributed by atoms with E-state index in [2.05, 4.69) is 15.1 Å². The molecule has 0 aliphatic rings. The van der Waals surface area contributed by atoms with Gasteiger partial charge in [0.15, 0.2) is 11.0 Å². The molecule has 0 saturated heterocycles. The molecule has 5 nitrogen and oxygen atoms in total. The zero-order valence-corrected chi connectivity index (χ0v) is 9.71. The summed E-state index contributed by atoms with van der Waals surface area (Å²) in [6.45, 7) is 0. The van der Waals surface area contributed by atoms with Gasteiger partial charge in [-0.1, -0.05) is 5.16 Å². The minimum absolute atomic E-state index is 0.0312. The number of aromatic amines is 1. The molecule has 1 aromatic carbocycles. The van der Waals surface area contributed by atoms with Gasteiger partial charge in [0.2, 0.25) is 0 Å². The maximum atomic E-state index is 13.7. The number of hydrogen-bond donors (Lipinski definition) is 3. The van der Waals surface area contributed by atoms with Crippen LogP contribution in [0.15, 0.2) is 39.7 Å². The standard InChI is InChI=1S/C10H8F2N4OS/c11-6-3-5(9(13)16-17)4-7(12)8(6)18-10-14-1-2-15-10/h1-4,17H,(H2,13,16)(H,14,15). The molecule has 0 spiro atoms. The van der Waals surface area contributed by atoms with Gasteiger partial charge in [0, 0.05) is 18.0 Å². The third-order valence-electron chi connectivity index (χ3n) is 2.07. The van der Waals surface area contributed by atoms with Crippen molar-refractivity contribution < 1.29 is 14.0 Å². The zero-order chi connectivity index (χ0) is 13.1. The molecule has 0 amide bonds. The van der Waals surface area contributed by atoms with E-state index in [-0.39, 0.29) is 16.3 Å². The lowest BCUT2D eigenvalue weighted by Gasteiger charge is -2.05. The molecular formula is C10H8F2N4OS. The number of rotatable bonds is 3. The molecule has 18 heavy (non-hydrogen) atoms. The maximum absolute atomic E-state index is 13.7. The fourth-order valence-corrected chi connectivity index (χ4v) is 2.01. The van der Waals surface area contributed by atoms with E-state index in [9.17, 15) is 8.78 Å².